The quantitative estimate of drug-likeness (QED) is 0.866. The average molecular weight is 265 g/mol. The number of anilines is 1. The van der Waals surface area contributed by atoms with E-state index in [4.69, 9.17) is 10.5 Å². The number of ether oxygens (including phenoxy) is 1. The highest BCUT2D eigenvalue weighted by Gasteiger charge is 2.20. The van der Waals surface area contributed by atoms with Crippen molar-refractivity contribution in [2.45, 2.75) is 13.1 Å². The molecule has 19 heavy (non-hydrogen) atoms. The van der Waals surface area contributed by atoms with Gasteiger partial charge < -0.3 is 10.5 Å². The summed E-state index contributed by atoms with van der Waals surface area (Å²) in [6.45, 7) is 1.70. The molecule has 1 aromatic carbocycles. The number of nitrogen functional groups attached to an aromatic ring is 1. The van der Waals surface area contributed by atoms with E-state index < -0.39 is 12.0 Å². The number of aryl methyl sites for hydroxylation is 1. The van der Waals surface area contributed by atoms with Crippen molar-refractivity contribution in [1.29, 1.82) is 0 Å². The van der Waals surface area contributed by atoms with Crippen LogP contribution in [-0.4, -0.2) is 17.1 Å². The monoisotopic (exact) mass is 265 g/mol. The lowest BCUT2D eigenvalue weighted by atomic mass is 10.1. The minimum absolute atomic E-state index is 0.0246. The van der Waals surface area contributed by atoms with E-state index in [9.17, 15) is 8.78 Å². The van der Waals surface area contributed by atoms with Gasteiger partial charge in [-0.15, -0.1) is 0 Å². The Balaban J connectivity index is 2.43. The maximum atomic E-state index is 14.4. The fourth-order valence-corrected chi connectivity index (χ4v) is 1.70. The molecule has 0 aliphatic carbocycles. The Kier molecular flexibility index (Phi) is 3.59. The second-order valence-electron chi connectivity index (χ2n) is 4.05. The molecule has 1 aromatic heterocycles. The molecule has 0 spiro atoms. The van der Waals surface area contributed by atoms with E-state index in [1.165, 1.54) is 13.2 Å². The standard InChI is InChI=1S/C13H13F2N3O/c1-7-5-11(19-2)18-13(17-7)12(15)9-4-3-8(14)6-10(9)16/h3-6,12H,16H2,1-2H3. The molecule has 0 fully saturated rings. The fraction of sp³-hybridized carbons (Fsp3) is 0.231. The predicted octanol–water partition coefficient (Wildman–Crippen LogP) is 2.57. The van der Waals surface area contributed by atoms with E-state index in [1.807, 2.05) is 0 Å². The number of methoxy groups -OCH3 is 1. The Labute approximate surface area is 109 Å². The first-order valence-corrected chi connectivity index (χ1v) is 5.60. The first kappa shape index (κ1) is 13.2. The molecule has 2 N–H and O–H groups in total. The molecule has 1 heterocycles. The lowest BCUT2D eigenvalue weighted by Gasteiger charge is -2.11. The molecule has 1 unspecified atom stereocenters. The Bertz CT molecular complexity index is 604. The van der Waals surface area contributed by atoms with Crippen molar-refractivity contribution in [3.63, 3.8) is 0 Å². The third-order valence-corrected chi connectivity index (χ3v) is 2.61. The normalized spacial score (nSPS) is 12.2. The van der Waals surface area contributed by atoms with E-state index in [0.29, 0.717) is 5.69 Å². The number of halogens is 2. The molecule has 0 saturated carbocycles. The van der Waals surface area contributed by atoms with E-state index in [-0.39, 0.29) is 23.0 Å². The number of benzene rings is 1. The zero-order valence-electron chi connectivity index (χ0n) is 10.5. The Morgan fingerprint density at radius 3 is 2.63 bits per heavy atom. The molecule has 0 aliphatic rings. The zero-order chi connectivity index (χ0) is 14.0. The third kappa shape index (κ3) is 2.78. The number of aromatic nitrogens is 2. The zero-order valence-corrected chi connectivity index (χ0v) is 10.5. The maximum absolute atomic E-state index is 14.4. The maximum Gasteiger partial charge on any atom is 0.216 e. The van der Waals surface area contributed by atoms with Crippen molar-refractivity contribution in [2.75, 3.05) is 12.8 Å². The first-order chi connectivity index (χ1) is 9.01. The topological polar surface area (TPSA) is 61.0 Å². The van der Waals surface area contributed by atoms with Crippen LogP contribution in [0.1, 0.15) is 23.3 Å². The molecule has 0 saturated heterocycles. The number of alkyl halides is 1. The summed E-state index contributed by atoms with van der Waals surface area (Å²) in [6, 6.07) is 5.08. The highest BCUT2D eigenvalue weighted by molar-refractivity contribution is 5.49. The molecule has 6 heteroatoms. The third-order valence-electron chi connectivity index (χ3n) is 2.61. The second-order valence-corrected chi connectivity index (χ2v) is 4.05. The predicted molar refractivity (Wildman–Crippen MR) is 67.1 cm³/mol. The van der Waals surface area contributed by atoms with Crippen LogP contribution in [0.5, 0.6) is 5.88 Å². The molecule has 0 radical (unpaired) electrons. The summed E-state index contributed by atoms with van der Waals surface area (Å²) in [6.07, 6.45) is -1.63. The van der Waals surface area contributed by atoms with Gasteiger partial charge in [0.25, 0.3) is 0 Å². The second kappa shape index (κ2) is 5.17. The van der Waals surface area contributed by atoms with Crippen LogP contribution >= 0.6 is 0 Å². The summed E-state index contributed by atoms with van der Waals surface area (Å²) < 4.78 is 32.3. The molecular formula is C13H13F2N3O. The van der Waals surface area contributed by atoms with Crippen LogP contribution in [-0.2, 0) is 0 Å². The molecule has 0 bridgehead atoms. The highest BCUT2D eigenvalue weighted by atomic mass is 19.1. The van der Waals surface area contributed by atoms with E-state index >= 15 is 0 Å². The molecule has 1 atom stereocenters. The minimum Gasteiger partial charge on any atom is -0.481 e. The molecule has 2 aromatic rings. The van der Waals surface area contributed by atoms with Gasteiger partial charge in [-0.2, -0.15) is 4.98 Å². The molecule has 4 nitrogen and oxygen atoms in total. The Morgan fingerprint density at radius 2 is 2.00 bits per heavy atom. The van der Waals surface area contributed by atoms with Crippen LogP contribution in [0.4, 0.5) is 14.5 Å². The summed E-state index contributed by atoms with van der Waals surface area (Å²) >= 11 is 0. The van der Waals surface area contributed by atoms with E-state index in [1.54, 1.807) is 13.0 Å². The van der Waals surface area contributed by atoms with Crippen molar-refractivity contribution < 1.29 is 13.5 Å². The molecule has 0 aliphatic heterocycles. The highest BCUT2D eigenvalue weighted by Crippen LogP contribution is 2.29. The van der Waals surface area contributed by atoms with Crippen molar-refractivity contribution in [2.24, 2.45) is 0 Å². The number of nitrogens with two attached hydrogens (primary N) is 1. The largest absolute Gasteiger partial charge is 0.481 e. The van der Waals surface area contributed by atoms with Crippen molar-refractivity contribution in [3.05, 3.63) is 47.2 Å². The molecule has 0 amide bonds. The van der Waals surface area contributed by atoms with Crippen LogP contribution in [0.3, 0.4) is 0 Å². The van der Waals surface area contributed by atoms with Crippen LogP contribution in [0.2, 0.25) is 0 Å². The van der Waals surface area contributed by atoms with Gasteiger partial charge >= 0.3 is 0 Å². The van der Waals surface area contributed by atoms with Crippen molar-refractivity contribution in [1.82, 2.24) is 9.97 Å². The molecule has 100 valence electrons. The Morgan fingerprint density at radius 1 is 1.26 bits per heavy atom. The smallest absolute Gasteiger partial charge is 0.216 e. The lowest BCUT2D eigenvalue weighted by Crippen LogP contribution is -2.06. The van der Waals surface area contributed by atoms with Gasteiger partial charge in [-0.25, -0.2) is 13.8 Å². The SMILES string of the molecule is COc1cc(C)nc(C(F)c2ccc(F)cc2N)n1. The van der Waals surface area contributed by atoms with E-state index in [0.717, 1.165) is 12.1 Å². The summed E-state index contributed by atoms with van der Waals surface area (Å²) in [5.41, 5.74) is 6.33. The van der Waals surface area contributed by atoms with Crippen LogP contribution in [0.25, 0.3) is 0 Å². The molecular weight excluding hydrogens is 252 g/mol. The van der Waals surface area contributed by atoms with Gasteiger partial charge in [0.15, 0.2) is 12.0 Å². The first-order valence-electron chi connectivity index (χ1n) is 5.60. The van der Waals surface area contributed by atoms with Gasteiger partial charge in [0.2, 0.25) is 5.88 Å². The number of nitrogens with zero attached hydrogens (tertiary/aromatic N) is 2. The van der Waals surface area contributed by atoms with Gasteiger partial charge in [0.05, 0.1) is 7.11 Å². The number of hydrogen-bond acceptors (Lipinski definition) is 4. The van der Waals surface area contributed by atoms with Crippen molar-refractivity contribution >= 4 is 5.69 Å². The summed E-state index contributed by atoms with van der Waals surface area (Å²) in [4.78, 5) is 7.94. The minimum atomic E-state index is -1.63. The van der Waals surface area contributed by atoms with Crippen LogP contribution < -0.4 is 10.5 Å². The van der Waals surface area contributed by atoms with Gasteiger partial charge in [-0.3, -0.25) is 0 Å². The van der Waals surface area contributed by atoms with Gasteiger partial charge in [0, 0.05) is 23.0 Å². The van der Waals surface area contributed by atoms with Gasteiger partial charge in [-0.1, -0.05) is 6.07 Å². The van der Waals surface area contributed by atoms with Crippen LogP contribution in [0.15, 0.2) is 24.3 Å². The number of hydrogen-bond donors (Lipinski definition) is 1. The number of rotatable bonds is 3. The van der Waals surface area contributed by atoms with Crippen LogP contribution in [0, 0.1) is 12.7 Å². The summed E-state index contributed by atoms with van der Waals surface area (Å²) in [5, 5.41) is 0. The fourth-order valence-electron chi connectivity index (χ4n) is 1.70. The van der Waals surface area contributed by atoms with Gasteiger partial charge in [0.1, 0.15) is 5.82 Å². The summed E-state index contributed by atoms with van der Waals surface area (Å²) in [7, 11) is 1.44. The van der Waals surface area contributed by atoms with E-state index in [2.05, 4.69) is 9.97 Å². The summed E-state index contributed by atoms with van der Waals surface area (Å²) in [5.74, 6) is -0.308. The Hall–Kier alpha value is -2.24. The molecule has 2 rings (SSSR count). The van der Waals surface area contributed by atoms with Crippen molar-refractivity contribution in [3.8, 4) is 5.88 Å². The average Bonchev–Trinajstić information content (AvgIpc) is 2.37. The lowest BCUT2D eigenvalue weighted by molar-refractivity contribution is 0.361. The van der Waals surface area contributed by atoms with Gasteiger partial charge in [-0.05, 0) is 19.1 Å².